The largest absolute Gasteiger partial charge is 0.463 e. The lowest BCUT2D eigenvalue weighted by Gasteiger charge is -2.15. The zero-order valence-electron chi connectivity index (χ0n) is 12.1. The molecule has 2 aliphatic heterocycles. The molecule has 2 saturated heterocycles. The molecule has 0 saturated carbocycles. The molecule has 1 aromatic carbocycles. The molecule has 22 heavy (non-hydrogen) atoms. The summed E-state index contributed by atoms with van der Waals surface area (Å²) in [6, 6.07) is 6.90. The summed E-state index contributed by atoms with van der Waals surface area (Å²) in [6.07, 6.45) is 1.12. The van der Waals surface area contributed by atoms with Gasteiger partial charge in [-0.1, -0.05) is 12.1 Å². The molecule has 0 aromatic heterocycles. The van der Waals surface area contributed by atoms with E-state index in [1.54, 1.807) is 24.3 Å². The van der Waals surface area contributed by atoms with Crippen LogP contribution in [0.4, 0.5) is 0 Å². The van der Waals surface area contributed by atoms with Crippen LogP contribution in [0.15, 0.2) is 24.3 Å². The van der Waals surface area contributed by atoms with E-state index >= 15 is 0 Å². The Kier molecular flexibility index (Phi) is 4.09. The number of nitrogens with zero attached hydrogens (tertiary/aromatic N) is 1. The van der Waals surface area contributed by atoms with Gasteiger partial charge in [-0.2, -0.15) is 0 Å². The summed E-state index contributed by atoms with van der Waals surface area (Å²) in [5.74, 6) is -0.853. The smallest absolute Gasteiger partial charge is 0.347 e. The van der Waals surface area contributed by atoms with Gasteiger partial charge in [-0.05, 0) is 24.1 Å². The van der Waals surface area contributed by atoms with Gasteiger partial charge in [0.05, 0.1) is 12.2 Å². The number of cyclic esters (lactones) is 1. The number of benzene rings is 1. The van der Waals surface area contributed by atoms with E-state index in [0.717, 1.165) is 18.5 Å². The second kappa shape index (κ2) is 6.17. The summed E-state index contributed by atoms with van der Waals surface area (Å²) in [5.41, 5.74) is 1.35. The Hall–Kier alpha value is -2.37. The molecule has 3 rings (SSSR count). The van der Waals surface area contributed by atoms with Crippen LogP contribution in [0.1, 0.15) is 35.2 Å². The Morgan fingerprint density at radius 3 is 2.64 bits per heavy atom. The van der Waals surface area contributed by atoms with Crippen LogP contribution in [0.25, 0.3) is 0 Å². The van der Waals surface area contributed by atoms with E-state index in [0.29, 0.717) is 31.6 Å². The number of ether oxygens (including phenoxy) is 2. The van der Waals surface area contributed by atoms with Crippen LogP contribution in [-0.2, 0) is 25.6 Å². The molecular weight excluding hydrogens is 286 g/mol. The first-order chi connectivity index (χ1) is 10.6. The van der Waals surface area contributed by atoms with Crippen LogP contribution >= 0.6 is 0 Å². The van der Waals surface area contributed by atoms with Crippen molar-refractivity contribution in [2.45, 2.75) is 31.9 Å². The maximum atomic E-state index is 12.0. The fraction of sp³-hybridized carbons (Fsp3) is 0.438. The summed E-state index contributed by atoms with van der Waals surface area (Å²) in [6.45, 7) is 1.63. The minimum Gasteiger partial charge on any atom is -0.463 e. The molecule has 0 unspecified atom stereocenters. The number of hydrogen-bond donors (Lipinski definition) is 0. The van der Waals surface area contributed by atoms with Gasteiger partial charge >= 0.3 is 11.9 Å². The van der Waals surface area contributed by atoms with E-state index in [2.05, 4.69) is 0 Å². The number of carbonyl (C=O) groups excluding carboxylic acids is 3. The number of carbonyl (C=O) groups is 3. The predicted molar refractivity (Wildman–Crippen MR) is 75.9 cm³/mol. The SMILES string of the molecule is O=C(O[C@@H]1CCOC1=O)c1ccc(CN2CCCC2=O)cc1. The number of amides is 1. The van der Waals surface area contributed by atoms with Gasteiger partial charge in [-0.25, -0.2) is 9.59 Å². The molecule has 0 aliphatic carbocycles. The average molecular weight is 303 g/mol. The molecule has 1 aromatic rings. The first-order valence-corrected chi connectivity index (χ1v) is 7.38. The second-order valence-electron chi connectivity index (χ2n) is 5.47. The Morgan fingerprint density at radius 1 is 1.27 bits per heavy atom. The molecular formula is C16H17NO5. The van der Waals surface area contributed by atoms with E-state index in [1.807, 2.05) is 4.90 Å². The minimum absolute atomic E-state index is 0.170. The van der Waals surface area contributed by atoms with Gasteiger partial charge < -0.3 is 14.4 Å². The highest BCUT2D eigenvalue weighted by Gasteiger charge is 2.30. The number of esters is 2. The molecule has 0 spiro atoms. The van der Waals surface area contributed by atoms with Crippen LogP contribution in [-0.4, -0.2) is 42.0 Å². The van der Waals surface area contributed by atoms with E-state index in [9.17, 15) is 14.4 Å². The monoisotopic (exact) mass is 303 g/mol. The van der Waals surface area contributed by atoms with Gasteiger partial charge in [0.2, 0.25) is 12.0 Å². The Bertz CT molecular complexity index is 595. The zero-order chi connectivity index (χ0) is 15.5. The predicted octanol–water partition coefficient (Wildman–Crippen LogP) is 1.28. The van der Waals surface area contributed by atoms with Gasteiger partial charge in [-0.15, -0.1) is 0 Å². The van der Waals surface area contributed by atoms with E-state index in [1.165, 1.54) is 0 Å². The van der Waals surface area contributed by atoms with Gasteiger partial charge in [0.25, 0.3) is 0 Å². The quantitative estimate of drug-likeness (QED) is 0.784. The summed E-state index contributed by atoms with van der Waals surface area (Å²) in [5, 5.41) is 0. The van der Waals surface area contributed by atoms with Crippen molar-refractivity contribution in [1.29, 1.82) is 0 Å². The van der Waals surface area contributed by atoms with Crippen molar-refractivity contribution in [3.8, 4) is 0 Å². The fourth-order valence-corrected chi connectivity index (χ4v) is 2.62. The highest BCUT2D eigenvalue weighted by molar-refractivity contribution is 5.91. The highest BCUT2D eigenvalue weighted by Crippen LogP contribution is 2.16. The summed E-state index contributed by atoms with van der Waals surface area (Å²) in [7, 11) is 0. The van der Waals surface area contributed by atoms with Crippen molar-refractivity contribution in [2.75, 3.05) is 13.2 Å². The molecule has 2 heterocycles. The van der Waals surface area contributed by atoms with E-state index < -0.39 is 18.0 Å². The number of hydrogen-bond acceptors (Lipinski definition) is 5. The van der Waals surface area contributed by atoms with Crippen LogP contribution in [0.2, 0.25) is 0 Å². The third-order valence-corrected chi connectivity index (χ3v) is 3.87. The van der Waals surface area contributed by atoms with E-state index in [4.69, 9.17) is 9.47 Å². The number of likely N-dealkylation sites (tertiary alicyclic amines) is 1. The first kappa shape index (κ1) is 14.6. The van der Waals surface area contributed by atoms with Crippen LogP contribution in [0.3, 0.4) is 0 Å². The Balaban J connectivity index is 1.59. The average Bonchev–Trinajstić information content (AvgIpc) is 3.09. The molecule has 6 heteroatoms. The maximum Gasteiger partial charge on any atom is 0.347 e. The second-order valence-corrected chi connectivity index (χ2v) is 5.47. The van der Waals surface area contributed by atoms with Crippen molar-refractivity contribution in [1.82, 2.24) is 4.90 Å². The van der Waals surface area contributed by atoms with Gasteiger partial charge in [0.15, 0.2) is 0 Å². The highest BCUT2D eigenvalue weighted by atomic mass is 16.6. The van der Waals surface area contributed by atoms with Crippen LogP contribution < -0.4 is 0 Å². The summed E-state index contributed by atoms with van der Waals surface area (Å²) < 4.78 is 9.87. The standard InChI is InChI=1S/C16H17NO5/c18-14-2-1-8-17(14)10-11-3-5-12(6-4-11)15(19)22-13-7-9-21-16(13)20/h3-6,13H,1-2,7-10H2/t13-/m1/s1. The third-order valence-electron chi connectivity index (χ3n) is 3.87. The van der Waals surface area contributed by atoms with Gasteiger partial charge in [-0.3, -0.25) is 4.79 Å². The summed E-state index contributed by atoms with van der Waals surface area (Å²) >= 11 is 0. The lowest BCUT2D eigenvalue weighted by atomic mass is 10.1. The molecule has 0 radical (unpaired) electrons. The fourth-order valence-electron chi connectivity index (χ4n) is 2.62. The van der Waals surface area contributed by atoms with Crippen molar-refractivity contribution in [3.63, 3.8) is 0 Å². The zero-order valence-corrected chi connectivity index (χ0v) is 12.1. The normalized spacial score (nSPS) is 21.1. The van der Waals surface area contributed by atoms with Gasteiger partial charge in [0, 0.05) is 25.9 Å². The van der Waals surface area contributed by atoms with Crippen LogP contribution in [0.5, 0.6) is 0 Å². The van der Waals surface area contributed by atoms with Crippen molar-refractivity contribution in [2.24, 2.45) is 0 Å². The topological polar surface area (TPSA) is 72.9 Å². The Morgan fingerprint density at radius 2 is 2.05 bits per heavy atom. The van der Waals surface area contributed by atoms with E-state index in [-0.39, 0.29) is 5.91 Å². The molecule has 116 valence electrons. The lowest BCUT2D eigenvalue weighted by molar-refractivity contribution is -0.145. The molecule has 0 bridgehead atoms. The Labute approximate surface area is 128 Å². The minimum atomic E-state index is -0.797. The summed E-state index contributed by atoms with van der Waals surface area (Å²) in [4.78, 5) is 36.6. The van der Waals surface area contributed by atoms with Crippen molar-refractivity contribution in [3.05, 3.63) is 35.4 Å². The van der Waals surface area contributed by atoms with Crippen molar-refractivity contribution >= 4 is 17.8 Å². The third kappa shape index (κ3) is 3.10. The molecule has 1 amide bonds. The maximum absolute atomic E-state index is 12.0. The first-order valence-electron chi connectivity index (χ1n) is 7.38. The van der Waals surface area contributed by atoms with Crippen molar-refractivity contribution < 1.29 is 23.9 Å². The molecule has 1 atom stereocenters. The molecule has 2 fully saturated rings. The number of rotatable bonds is 4. The molecule has 0 N–H and O–H groups in total. The lowest BCUT2D eigenvalue weighted by Crippen LogP contribution is -2.24. The van der Waals surface area contributed by atoms with Gasteiger partial charge in [0.1, 0.15) is 0 Å². The molecule has 2 aliphatic rings. The van der Waals surface area contributed by atoms with Crippen LogP contribution in [0, 0.1) is 0 Å². The molecule has 6 nitrogen and oxygen atoms in total.